The summed E-state index contributed by atoms with van der Waals surface area (Å²) in [6.07, 6.45) is 3.45. The number of amides is 2. The van der Waals surface area contributed by atoms with Crippen LogP contribution in [-0.4, -0.2) is 31.8 Å². The molecule has 9 heteroatoms. The molecule has 0 aliphatic rings. The minimum absolute atomic E-state index is 0.144. The number of nitrogens with one attached hydrogen (secondary N) is 3. The third-order valence-electron chi connectivity index (χ3n) is 5.06. The van der Waals surface area contributed by atoms with Gasteiger partial charge in [0.15, 0.2) is 0 Å². The van der Waals surface area contributed by atoms with Crippen LogP contribution in [-0.2, 0) is 21.4 Å². The highest BCUT2D eigenvalue weighted by molar-refractivity contribution is 7.92. The van der Waals surface area contributed by atoms with E-state index in [1.807, 2.05) is 26.0 Å². The van der Waals surface area contributed by atoms with Crippen molar-refractivity contribution in [3.63, 3.8) is 0 Å². The van der Waals surface area contributed by atoms with Crippen LogP contribution in [0.15, 0.2) is 71.9 Å². The van der Waals surface area contributed by atoms with Crippen molar-refractivity contribution in [1.29, 1.82) is 0 Å². The van der Waals surface area contributed by atoms with Crippen molar-refractivity contribution < 1.29 is 18.0 Å². The first-order valence-electron chi connectivity index (χ1n) is 10.4. The van der Waals surface area contributed by atoms with E-state index in [1.165, 1.54) is 24.3 Å². The molecular formula is C24H26N4O4S. The van der Waals surface area contributed by atoms with Crippen molar-refractivity contribution in [2.75, 3.05) is 11.3 Å². The second kappa shape index (κ2) is 10.7. The maximum Gasteiger partial charge on any atom is 0.261 e. The van der Waals surface area contributed by atoms with Gasteiger partial charge in [0.1, 0.15) is 0 Å². The van der Waals surface area contributed by atoms with Crippen LogP contribution >= 0.6 is 0 Å². The van der Waals surface area contributed by atoms with Gasteiger partial charge >= 0.3 is 0 Å². The number of anilines is 1. The number of aromatic nitrogens is 1. The Morgan fingerprint density at radius 2 is 1.58 bits per heavy atom. The second-order valence-corrected chi connectivity index (χ2v) is 9.25. The van der Waals surface area contributed by atoms with E-state index in [1.54, 1.807) is 30.6 Å². The van der Waals surface area contributed by atoms with Crippen molar-refractivity contribution in [2.24, 2.45) is 0 Å². The molecule has 0 spiro atoms. The number of sulfonamides is 1. The zero-order valence-corrected chi connectivity index (χ0v) is 19.3. The number of carbonyl (C=O) groups is 2. The predicted molar refractivity (Wildman–Crippen MR) is 126 cm³/mol. The van der Waals surface area contributed by atoms with Crippen molar-refractivity contribution >= 4 is 27.5 Å². The van der Waals surface area contributed by atoms with Gasteiger partial charge in [0.2, 0.25) is 5.91 Å². The van der Waals surface area contributed by atoms with E-state index in [2.05, 4.69) is 20.3 Å². The fourth-order valence-electron chi connectivity index (χ4n) is 2.97. The Kier molecular flexibility index (Phi) is 7.78. The van der Waals surface area contributed by atoms with Gasteiger partial charge in [-0.3, -0.25) is 19.3 Å². The van der Waals surface area contributed by atoms with Gasteiger partial charge in [0, 0.05) is 43.2 Å². The molecule has 3 N–H and O–H groups in total. The first kappa shape index (κ1) is 23.9. The summed E-state index contributed by atoms with van der Waals surface area (Å²) < 4.78 is 27.7. The summed E-state index contributed by atoms with van der Waals surface area (Å²) in [6, 6.07) is 14.7. The average Bonchev–Trinajstić information content (AvgIpc) is 2.80. The summed E-state index contributed by atoms with van der Waals surface area (Å²) in [6.45, 7) is 4.35. The monoisotopic (exact) mass is 466 g/mol. The van der Waals surface area contributed by atoms with E-state index < -0.39 is 10.0 Å². The Morgan fingerprint density at radius 3 is 2.24 bits per heavy atom. The van der Waals surface area contributed by atoms with Crippen LogP contribution in [0.4, 0.5) is 5.69 Å². The molecule has 0 saturated carbocycles. The number of aryl methyl sites for hydroxylation is 2. The van der Waals surface area contributed by atoms with Gasteiger partial charge in [-0.2, -0.15) is 0 Å². The molecule has 0 bridgehead atoms. The Bertz CT molecular complexity index is 1230. The van der Waals surface area contributed by atoms with E-state index in [0.29, 0.717) is 17.8 Å². The van der Waals surface area contributed by atoms with Crippen molar-refractivity contribution in [1.82, 2.24) is 15.6 Å². The number of pyridine rings is 1. The first-order chi connectivity index (χ1) is 15.7. The van der Waals surface area contributed by atoms with E-state index in [0.717, 1.165) is 16.7 Å². The number of hydrogen-bond acceptors (Lipinski definition) is 5. The van der Waals surface area contributed by atoms with Crippen LogP contribution in [0.25, 0.3) is 0 Å². The number of benzene rings is 2. The zero-order chi connectivity index (χ0) is 23.8. The fourth-order valence-corrected chi connectivity index (χ4v) is 4.11. The summed E-state index contributed by atoms with van der Waals surface area (Å²) in [5.41, 5.74) is 3.55. The van der Waals surface area contributed by atoms with E-state index in [4.69, 9.17) is 0 Å². The largest absolute Gasteiger partial charge is 0.352 e. The van der Waals surface area contributed by atoms with E-state index >= 15 is 0 Å². The Hall–Kier alpha value is -3.72. The molecule has 172 valence electrons. The van der Waals surface area contributed by atoms with Crippen LogP contribution in [0.1, 0.15) is 33.5 Å². The van der Waals surface area contributed by atoms with Gasteiger partial charge in [-0.1, -0.05) is 6.07 Å². The van der Waals surface area contributed by atoms with Crippen LogP contribution in [0.2, 0.25) is 0 Å². The van der Waals surface area contributed by atoms with E-state index in [-0.39, 0.29) is 29.7 Å². The van der Waals surface area contributed by atoms with Crippen LogP contribution in [0.3, 0.4) is 0 Å². The Morgan fingerprint density at radius 1 is 0.879 bits per heavy atom. The molecule has 8 nitrogen and oxygen atoms in total. The van der Waals surface area contributed by atoms with Gasteiger partial charge in [-0.05, 0) is 79.1 Å². The fraction of sp³-hybridized carbons (Fsp3) is 0.208. The molecule has 1 aromatic heterocycles. The van der Waals surface area contributed by atoms with Crippen LogP contribution in [0.5, 0.6) is 0 Å². The van der Waals surface area contributed by atoms with Crippen molar-refractivity contribution in [3.8, 4) is 0 Å². The molecule has 0 atom stereocenters. The molecule has 0 unspecified atom stereocenters. The standard InChI is InChI=1S/C24H26N4O4S/c1-17-3-8-22(15-18(17)2)33(31,32)28-21-6-4-20(5-7-21)24(30)26-14-11-23(29)27-16-19-9-12-25-13-10-19/h3-10,12-13,15,28H,11,14,16H2,1-2H3,(H,26,30)(H,27,29). The van der Waals surface area contributed by atoms with Gasteiger partial charge in [-0.15, -0.1) is 0 Å². The molecule has 0 aliphatic carbocycles. The summed E-state index contributed by atoms with van der Waals surface area (Å²) in [7, 11) is -3.73. The molecular weight excluding hydrogens is 440 g/mol. The summed E-state index contributed by atoms with van der Waals surface area (Å²) in [4.78, 5) is 28.3. The number of hydrogen-bond donors (Lipinski definition) is 3. The molecule has 2 aromatic carbocycles. The molecule has 3 aromatic rings. The van der Waals surface area contributed by atoms with Gasteiger partial charge in [0.05, 0.1) is 4.90 Å². The first-order valence-corrected chi connectivity index (χ1v) is 11.9. The lowest BCUT2D eigenvalue weighted by Gasteiger charge is -2.11. The van der Waals surface area contributed by atoms with Gasteiger partial charge in [-0.25, -0.2) is 8.42 Å². The lowest BCUT2D eigenvalue weighted by atomic mass is 10.1. The third kappa shape index (κ3) is 6.88. The SMILES string of the molecule is Cc1ccc(S(=O)(=O)Nc2ccc(C(=O)NCCC(=O)NCc3ccncc3)cc2)cc1C. The van der Waals surface area contributed by atoms with Crippen molar-refractivity contribution in [3.05, 3.63) is 89.2 Å². The number of nitrogens with zero attached hydrogens (tertiary/aromatic N) is 1. The molecule has 0 fully saturated rings. The molecule has 0 aliphatic heterocycles. The average molecular weight is 467 g/mol. The maximum atomic E-state index is 12.6. The molecule has 0 radical (unpaired) electrons. The minimum atomic E-state index is -3.73. The highest BCUT2D eigenvalue weighted by Crippen LogP contribution is 2.19. The van der Waals surface area contributed by atoms with Gasteiger partial charge < -0.3 is 10.6 Å². The summed E-state index contributed by atoms with van der Waals surface area (Å²) >= 11 is 0. The predicted octanol–water partition coefficient (Wildman–Crippen LogP) is 2.94. The lowest BCUT2D eigenvalue weighted by Crippen LogP contribution is -2.30. The normalized spacial score (nSPS) is 11.0. The number of carbonyl (C=O) groups excluding carboxylic acids is 2. The highest BCUT2D eigenvalue weighted by atomic mass is 32.2. The lowest BCUT2D eigenvalue weighted by molar-refractivity contribution is -0.121. The van der Waals surface area contributed by atoms with Crippen molar-refractivity contribution in [2.45, 2.75) is 31.7 Å². The van der Waals surface area contributed by atoms with Crippen LogP contribution < -0.4 is 15.4 Å². The van der Waals surface area contributed by atoms with E-state index in [9.17, 15) is 18.0 Å². The topological polar surface area (TPSA) is 117 Å². The smallest absolute Gasteiger partial charge is 0.261 e. The molecule has 3 rings (SSSR count). The zero-order valence-electron chi connectivity index (χ0n) is 18.5. The molecule has 2 amide bonds. The Balaban J connectivity index is 1.48. The highest BCUT2D eigenvalue weighted by Gasteiger charge is 2.15. The molecule has 33 heavy (non-hydrogen) atoms. The van der Waals surface area contributed by atoms with Crippen LogP contribution in [0, 0.1) is 13.8 Å². The second-order valence-electron chi connectivity index (χ2n) is 7.57. The maximum absolute atomic E-state index is 12.6. The number of rotatable bonds is 9. The summed E-state index contributed by atoms with van der Waals surface area (Å²) in [5.74, 6) is -0.524. The third-order valence-corrected chi connectivity index (χ3v) is 6.44. The molecule has 1 heterocycles. The molecule has 0 saturated heterocycles. The minimum Gasteiger partial charge on any atom is -0.352 e. The van der Waals surface area contributed by atoms with Gasteiger partial charge in [0.25, 0.3) is 15.9 Å². The Labute approximate surface area is 193 Å². The summed E-state index contributed by atoms with van der Waals surface area (Å²) in [5, 5.41) is 5.46. The quantitative estimate of drug-likeness (QED) is 0.448.